The first-order valence-corrected chi connectivity index (χ1v) is 9.82. The molecule has 2 saturated heterocycles. The number of fused-ring (bicyclic) bond motifs is 4. The third kappa shape index (κ3) is 2.91. The van der Waals surface area contributed by atoms with Crippen LogP contribution in [0, 0.1) is 17.8 Å². The maximum atomic E-state index is 3.81. The summed E-state index contributed by atoms with van der Waals surface area (Å²) in [6.07, 6.45) is 14.8. The van der Waals surface area contributed by atoms with Gasteiger partial charge in [0.2, 0.25) is 0 Å². The molecule has 2 nitrogen and oxygen atoms in total. The lowest BCUT2D eigenvalue weighted by Gasteiger charge is -2.50. The molecule has 0 spiro atoms. The lowest BCUT2D eigenvalue weighted by atomic mass is 9.79. The van der Waals surface area contributed by atoms with Gasteiger partial charge in [0.1, 0.15) is 0 Å². The SMILES string of the molecule is CCCNC1CC2CCCC(C1)N2CC1CC2CCC1C2. The number of rotatable bonds is 5. The van der Waals surface area contributed by atoms with E-state index >= 15 is 0 Å². The minimum Gasteiger partial charge on any atom is -0.314 e. The van der Waals surface area contributed by atoms with E-state index in [1.807, 2.05) is 0 Å². The molecule has 5 unspecified atom stereocenters. The molecule has 0 aromatic heterocycles. The summed E-state index contributed by atoms with van der Waals surface area (Å²) in [5.41, 5.74) is 0. The second kappa shape index (κ2) is 6.20. The Bertz CT molecular complexity index is 341. The van der Waals surface area contributed by atoms with Gasteiger partial charge in [-0.15, -0.1) is 0 Å². The topological polar surface area (TPSA) is 15.3 Å². The molecule has 2 heteroatoms. The van der Waals surface area contributed by atoms with E-state index in [4.69, 9.17) is 0 Å². The molecule has 2 saturated carbocycles. The van der Waals surface area contributed by atoms with Crippen molar-refractivity contribution >= 4 is 0 Å². The smallest absolute Gasteiger partial charge is 0.0113 e. The second-order valence-corrected chi connectivity index (χ2v) is 8.49. The van der Waals surface area contributed by atoms with Crippen molar-refractivity contribution < 1.29 is 0 Å². The van der Waals surface area contributed by atoms with Crippen LogP contribution in [0.3, 0.4) is 0 Å². The average molecular weight is 290 g/mol. The van der Waals surface area contributed by atoms with Crippen molar-refractivity contribution in [1.29, 1.82) is 0 Å². The molecule has 0 aromatic rings. The molecule has 2 heterocycles. The van der Waals surface area contributed by atoms with E-state index in [-0.39, 0.29) is 0 Å². The highest BCUT2D eigenvalue weighted by Crippen LogP contribution is 2.49. The third-order valence-corrected chi connectivity index (χ3v) is 7.14. The fourth-order valence-corrected chi connectivity index (χ4v) is 6.16. The molecular weight excluding hydrogens is 256 g/mol. The molecular formula is C19H34N2. The predicted octanol–water partition coefficient (Wildman–Crippen LogP) is 3.81. The van der Waals surface area contributed by atoms with E-state index in [0.29, 0.717) is 0 Å². The molecule has 120 valence electrons. The predicted molar refractivity (Wildman–Crippen MR) is 88.4 cm³/mol. The van der Waals surface area contributed by atoms with Crippen LogP contribution in [0.1, 0.15) is 71.1 Å². The second-order valence-electron chi connectivity index (χ2n) is 8.49. The summed E-state index contributed by atoms with van der Waals surface area (Å²) in [4.78, 5) is 2.99. The molecule has 0 radical (unpaired) electrons. The number of hydrogen-bond acceptors (Lipinski definition) is 2. The van der Waals surface area contributed by atoms with Crippen LogP contribution in [-0.4, -0.2) is 36.1 Å². The van der Waals surface area contributed by atoms with Gasteiger partial charge in [-0.3, -0.25) is 4.90 Å². The van der Waals surface area contributed by atoms with Crippen LogP contribution in [0.5, 0.6) is 0 Å². The lowest BCUT2D eigenvalue weighted by Crippen LogP contribution is -2.57. The van der Waals surface area contributed by atoms with E-state index in [2.05, 4.69) is 17.1 Å². The fourth-order valence-electron chi connectivity index (χ4n) is 6.16. The van der Waals surface area contributed by atoms with Gasteiger partial charge in [-0.1, -0.05) is 19.8 Å². The number of hydrogen-bond donors (Lipinski definition) is 1. The van der Waals surface area contributed by atoms with Crippen LogP contribution in [0.4, 0.5) is 0 Å². The van der Waals surface area contributed by atoms with Gasteiger partial charge in [0.05, 0.1) is 0 Å². The molecule has 1 N–H and O–H groups in total. The van der Waals surface area contributed by atoms with Crippen molar-refractivity contribution in [2.45, 2.75) is 89.3 Å². The highest BCUT2D eigenvalue weighted by molar-refractivity contribution is 4.98. The number of nitrogens with zero attached hydrogens (tertiary/aromatic N) is 1. The van der Waals surface area contributed by atoms with Gasteiger partial charge in [0, 0.05) is 24.7 Å². The zero-order chi connectivity index (χ0) is 14.2. The summed E-state index contributed by atoms with van der Waals surface area (Å²) >= 11 is 0. The summed E-state index contributed by atoms with van der Waals surface area (Å²) in [5, 5.41) is 3.81. The summed E-state index contributed by atoms with van der Waals surface area (Å²) in [6, 6.07) is 2.63. The first-order chi connectivity index (χ1) is 10.3. The standard InChI is InChI=1S/C19H34N2/c1-2-8-20-17-11-18-4-3-5-19(12-17)21(18)13-16-10-14-6-7-15(16)9-14/h14-20H,2-13H2,1H3. The highest BCUT2D eigenvalue weighted by atomic mass is 15.2. The van der Waals surface area contributed by atoms with Gasteiger partial charge < -0.3 is 5.32 Å². The van der Waals surface area contributed by atoms with Crippen LogP contribution >= 0.6 is 0 Å². The molecule has 4 aliphatic rings. The molecule has 0 amide bonds. The van der Waals surface area contributed by atoms with Gasteiger partial charge >= 0.3 is 0 Å². The molecule has 4 fully saturated rings. The third-order valence-electron chi connectivity index (χ3n) is 7.14. The van der Waals surface area contributed by atoms with Crippen LogP contribution in [0.15, 0.2) is 0 Å². The van der Waals surface area contributed by atoms with Crippen LogP contribution in [0.2, 0.25) is 0 Å². The van der Waals surface area contributed by atoms with E-state index < -0.39 is 0 Å². The summed E-state index contributed by atoms with van der Waals surface area (Å²) in [6.45, 7) is 4.96. The monoisotopic (exact) mass is 290 g/mol. The van der Waals surface area contributed by atoms with Gasteiger partial charge in [0.15, 0.2) is 0 Å². The molecule has 4 rings (SSSR count). The van der Waals surface area contributed by atoms with Crippen LogP contribution < -0.4 is 5.32 Å². The van der Waals surface area contributed by atoms with Gasteiger partial charge in [-0.05, 0) is 75.7 Å². The Morgan fingerprint density at radius 3 is 2.38 bits per heavy atom. The Hall–Kier alpha value is -0.0800. The molecule has 0 aromatic carbocycles. The van der Waals surface area contributed by atoms with E-state index in [1.54, 1.807) is 25.7 Å². The quantitative estimate of drug-likeness (QED) is 0.828. The van der Waals surface area contributed by atoms with Crippen molar-refractivity contribution in [2.24, 2.45) is 17.8 Å². The Morgan fingerprint density at radius 2 is 1.76 bits per heavy atom. The lowest BCUT2D eigenvalue weighted by molar-refractivity contribution is 0.00554. The van der Waals surface area contributed by atoms with Gasteiger partial charge in [-0.2, -0.15) is 0 Å². The van der Waals surface area contributed by atoms with Crippen molar-refractivity contribution in [3.05, 3.63) is 0 Å². The van der Waals surface area contributed by atoms with Crippen LogP contribution in [-0.2, 0) is 0 Å². The minimum absolute atomic E-state index is 0.816. The Balaban J connectivity index is 1.37. The molecule has 21 heavy (non-hydrogen) atoms. The van der Waals surface area contributed by atoms with Gasteiger partial charge in [0.25, 0.3) is 0 Å². The van der Waals surface area contributed by atoms with Crippen molar-refractivity contribution in [2.75, 3.05) is 13.1 Å². The summed E-state index contributed by atoms with van der Waals surface area (Å²) < 4.78 is 0. The largest absolute Gasteiger partial charge is 0.314 e. The first-order valence-electron chi connectivity index (χ1n) is 9.82. The first kappa shape index (κ1) is 14.5. The Morgan fingerprint density at radius 1 is 0.952 bits per heavy atom. The molecule has 2 aliphatic heterocycles. The van der Waals surface area contributed by atoms with Crippen molar-refractivity contribution in [1.82, 2.24) is 10.2 Å². The average Bonchev–Trinajstić information content (AvgIpc) is 3.08. The van der Waals surface area contributed by atoms with E-state index in [1.165, 1.54) is 51.6 Å². The summed E-state index contributed by atoms with van der Waals surface area (Å²) in [5.74, 6) is 3.28. The molecule has 5 atom stereocenters. The normalized spacial score (nSPS) is 46.1. The molecule has 4 bridgehead atoms. The van der Waals surface area contributed by atoms with Crippen molar-refractivity contribution in [3.8, 4) is 0 Å². The van der Waals surface area contributed by atoms with E-state index in [0.717, 1.165) is 35.9 Å². The number of piperidine rings is 2. The maximum Gasteiger partial charge on any atom is 0.0113 e. The highest BCUT2D eigenvalue weighted by Gasteiger charge is 2.44. The maximum absolute atomic E-state index is 3.81. The minimum atomic E-state index is 0.816. The van der Waals surface area contributed by atoms with E-state index in [9.17, 15) is 0 Å². The van der Waals surface area contributed by atoms with Gasteiger partial charge in [-0.25, -0.2) is 0 Å². The van der Waals surface area contributed by atoms with Crippen molar-refractivity contribution in [3.63, 3.8) is 0 Å². The van der Waals surface area contributed by atoms with Crippen LogP contribution in [0.25, 0.3) is 0 Å². The zero-order valence-electron chi connectivity index (χ0n) is 13.9. The zero-order valence-corrected chi connectivity index (χ0v) is 13.9. The fraction of sp³-hybridized carbons (Fsp3) is 1.00. The number of nitrogens with one attached hydrogen (secondary N) is 1. The Labute approximate surface area is 131 Å². The molecule has 2 aliphatic carbocycles. The Kier molecular flexibility index (Phi) is 4.28. The summed E-state index contributed by atoms with van der Waals surface area (Å²) in [7, 11) is 0.